The van der Waals surface area contributed by atoms with E-state index in [4.69, 9.17) is 9.26 Å². The fourth-order valence-corrected chi connectivity index (χ4v) is 5.63. The lowest BCUT2D eigenvalue weighted by Gasteiger charge is -2.27. The van der Waals surface area contributed by atoms with Crippen LogP contribution in [0.2, 0.25) is 0 Å². The van der Waals surface area contributed by atoms with Crippen LogP contribution in [0.15, 0.2) is 53.1 Å². The highest BCUT2D eigenvalue weighted by molar-refractivity contribution is 7.91. The number of carbonyl (C=O) groups excluding carboxylic acids is 1. The first-order chi connectivity index (χ1) is 16.3. The van der Waals surface area contributed by atoms with Crippen LogP contribution in [0.25, 0.3) is 11.3 Å². The van der Waals surface area contributed by atoms with Crippen LogP contribution in [-0.4, -0.2) is 48.5 Å². The molecule has 0 spiro atoms. The number of aryl methyl sites for hydroxylation is 1. The molecule has 1 saturated heterocycles. The quantitative estimate of drug-likeness (QED) is 0.469. The minimum absolute atomic E-state index is 0.0396. The average molecular weight is 487 g/mol. The Morgan fingerprint density at radius 1 is 1.21 bits per heavy atom. The van der Waals surface area contributed by atoms with Crippen LogP contribution in [-0.2, 0) is 16.4 Å². The summed E-state index contributed by atoms with van der Waals surface area (Å²) in [5.41, 5.74) is 1.85. The molecule has 0 saturated carbocycles. The van der Waals surface area contributed by atoms with Crippen molar-refractivity contribution in [1.82, 2.24) is 10.1 Å². The number of aromatic nitrogens is 1. The van der Waals surface area contributed by atoms with Gasteiger partial charge in [-0.3, -0.25) is 4.79 Å². The van der Waals surface area contributed by atoms with Crippen molar-refractivity contribution in [1.29, 1.82) is 0 Å². The lowest BCUT2D eigenvalue weighted by Crippen LogP contribution is -2.40. The highest BCUT2D eigenvalue weighted by atomic mass is 32.2. The first-order valence-electron chi connectivity index (χ1n) is 11.2. The minimum atomic E-state index is -3.21. The fraction of sp³-hybridized carbons (Fsp3) is 0.360. The third-order valence-electron chi connectivity index (χ3n) is 5.84. The van der Waals surface area contributed by atoms with Crippen LogP contribution in [0.4, 0.5) is 4.39 Å². The molecule has 34 heavy (non-hydrogen) atoms. The first kappa shape index (κ1) is 23.9. The van der Waals surface area contributed by atoms with Gasteiger partial charge in [-0.1, -0.05) is 36.3 Å². The molecule has 1 aliphatic rings. The molecule has 0 radical (unpaired) electrons. The Kier molecular flexibility index (Phi) is 7.02. The van der Waals surface area contributed by atoms with E-state index in [1.807, 2.05) is 31.2 Å². The second-order valence-electron chi connectivity index (χ2n) is 8.52. The molecule has 1 aliphatic heterocycles. The molecule has 0 bridgehead atoms. The molecule has 1 atom stereocenters. The van der Waals surface area contributed by atoms with E-state index in [1.54, 1.807) is 19.1 Å². The fourth-order valence-electron chi connectivity index (χ4n) is 3.90. The Balaban J connectivity index is 1.58. The number of hydrogen-bond donors (Lipinski definition) is 0. The van der Waals surface area contributed by atoms with Crippen molar-refractivity contribution >= 4 is 15.7 Å². The van der Waals surface area contributed by atoms with E-state index in [0.717, 1.165) is 17.7 Å². The van der Waals surface area contributed by atoms with E-state index in [1.165, 1.54) is 17.0 Å². The molecule has 3 aromatic rings. The van der Waals surface area contributed by atoms with Crippen molar-refractivity contribution in [2.75, 3.05) is 18.1 Å². The molecule has 180 valence electrons. The topological polar surface area (TPSA) is 89.7 Å². The number of halogens is 1. The number of hydrogen-bond acceptors (Lipinski definition) is 6. The Hall–Kier alpha value is -3.20. The molecule has 0 aliphatic carbocycles. The predicted molar refractivity (Wildman–Crippen MR) is 126 cm³/mol. The molecule has 4 rings (SSSR count). The van der Waals surface area contributed by atoms with Gasteiger partial charge < -0.3 is 14.2 Å². The second-order valence-corrected chi connectivity index (χ2v) is 10.8. The van der Waals surface area contributed by atoms with Crippen molar-refractivity contribution in [3.63, 3.8) is 0 Å². The van der Waals surface area contributed by atoms with Crippen LogP contribution in [0.5, 0.6) is 5.75 Å². The Bertz CT molecular complexity index is 1270. The number of sulfone groups is 1. The van der Waals surface area contributed by atoms with Gasteiger partial charge in [-0.25, -0.2) is 12.8 Å². The summed E-state index contributed by atoms with van der Waals surface area (Å²) >= 11 is 0. The van der Waals surface area contributed by atoms with Crippen molar-refractivity contribution in [3.05, 3.63) is 71.2 Å². The van der Waals surface area contributed by atoms with Crippen LogP contribution in [0.3, 0.4) is 0 Å². The normalized spacial score (nSPS) is 17.0. The SMILES string of the molecule is CCCOc1ccc(CN(C(=O)c2cc(-c3ccc(C)c(F)c3)on2)[C@@H]2CCS(=O)(=O)C2)cc1. The van der Waals surface area contributed by atoms with Crippen LogP contribution >= 0.6 is 0 Å². The van der Waals surface area contributed by atoms with Crippen molar-refractivity contribution < 1.29 is 26.9 Å². The maximum absolute atomic E-state index is 14.0. The molecule has 1 amide bonds. The van der Waals surface area contributed by atoms with Crippen LogP contribution < -0.4 is 4.74 Å². The van der Waals surface area contributed by atoms with E-state index >= 15 is 0 Å². The molecule has 9 heteroatoms. The Labute approximate surface area is 198 Å². The third kappa shape index (κ3) is 5.47. The minimum Gasteiger partial charge on any atom is -0.494 e. The summed E-state index contributed by atoms with van der Waals surface area (Å²) in [6, 6.07) is 13.0. The van der Waals surface area contributed by atoms with E-state index < -0.39 is 21.8 Å². The van der Waals surface area contributed by atoms with Gasteiger partial charge >= 0.3 is 0 Å². The first-order valence-corrected chi connectivity index (χ1v) is 13.0. The molecular weight excluding hydrogens is 459 g/mol. The van der Waals surface area contributed by atoms with Gasteiger partial charge in [-0.2, -0.15) is 0 Å². The number of ether oxygens (including phenoxy) is 1. The summed E-state index contributed by atoms with van der Waals surface area (Å²) in [7, 11) is -3.21. The zero-order valence-electron chi connectivity index (χ0n) is 19.2. The van der Waals surface area contributed by atoms with Crippen molar-refractivity contribution in [2.24, 2.45) is 0 Å². The van der Waals surface area contributed by atoms with Gasteiger partial charge in [0.1, 0.15) is 11.6 Å². The van der Waals surface area contributed by atoms with Gasteiger partial charge in [0, 0.05) is 24.2 Å². The predicted octanol–water partition coefficient (Wildman–Crippen LogP) is 4.41. The summed E-state index contributed by atoms with van der Waals surface area (Å²) in [5, 5.41) is 3.90. The molecule has 7 nitrogen and oxygen atoms in total. The summed E-state index contributed by atoms with van der Waals surface area (Å²) in [5.74, 6) is 0.126. The molecule has 2 aromatic carbocycles. The summed E-state index contributed by atoms with van der Waals surface area (Å²) in [6.07, 6.45) is 1.26. The average Bonchev–Trinajstić information content (AvgIpc) is 3.45. The summed E-state index contributed by atoms with van der Waals surface area (Å²) in [4.78, 5) is 15.0. The number of benzene rings is 2. The zero-order chi connectivity index (χ0) is 24.3. The second kappa shape index (κ2) is 9.97. The van der Waals surface area contributed by atoms with Gasteiger partial charge in [0.2, 0.25) is 0 Å². The van der Waals surface area contributed by atoms with E-state index in [9.17, 15) is 17.6 Å². The number of amides is 1. The molecule has 1 aromatic heterocycles. The summed E-state index contributed by atoms with van der Waals surface area (Å²) in [6.45, 7) is 4.51. The molecular formula is C25H27FN2O5S. The van der Waals surface area contributed by atoms with Crippen molar-refractivity contribution in [2.45, 2.75) is 39.3 Å². The third-order valence-corrected chi connectivity index (χ3v) is 7.60. The maximum atomic E-state index is 14.0. The zero-order valence-corrected chi connectivity index (χ0v) is 20.0. The molecule has 0 unspecified atom stereocenters. The van der Waals surface area contributed by atoms with E-state index in [2.05, 4.69) is 5.16 Å². The monoisotopic (exact) mass is 486 g/mol. The van der Waals surface area contributed by atoms with Gasteiger partial charge in [-0.05, 0) is 49.1 Å². The van der Waals surface area contributed by atoms with Gasteiger partial charge in [0.15, 0.2) is 21.3 Å². The Morgan fingerprint density at radius 3 is 2.62 bits per heavy atom. The highest BCUT2D eigenvalue weighted by Crippen LogP contribution is 2.26. The number of nitrogens with zero attached hydrogens (tertiary/aromatic N) is 2. The van der Waals surface area contributed by atoms with Crippen molar-refractivity contribution in [3.8, 4) is 17.1 Å². The molecule has 1 fully saturated rings. The van der Waals surface area contributed by atoms with Gasteiger partial charge in [0.05, 0.1) is 18.1 Å². The number of rotatable bonds is 8. The standard InChI is InChI=1S/C25H27FN2O5S/c1-3-11-32-21-8-5-18(6-9-21)15-28(20-10-12-34(30,31)16-20)25(29)23-14-24(33-27-23)19-7-4-17(2)22(26)13-19/h4-9,13-14,20H,3,10-12,15-16H2,1-2H3/t20-/m1/s1. The summed E-state index contributed by atoms with van der Waals surface area (Å²) < 4.78 is 49.2. The molecule has 0 N–H and O–H groups in total. The smallest absolute Gasteiger partial charge is 0.276 e. The number of carbonyl (C=O) groups is 1. The largest absolute Gasteiger partial charge is 0.494 e. The highest BCUT2D eigenvalue weighted by Gasteiger charge is 2.36. The van der Waals surface area contributed by atoms with E-state index in [0.29, 0.717) is 24.2 Å². The van der Waals surface area contributed by atoms with Gasteiger partial charge in [-0.15, -0.1) is 0 Å². The van der Waals surface area contributed by atoms with Gasteiger partial charge in [0.25, 0.3) is 5.91 Å². The molecule has 2 heterocycles. The lowest BCUT2D eigenvalue weighted by molar-refractivity contribution is 0.0670. The van der Waals surface area contributed by atoms with Crippen LogP contribution in [0.1, 0.15) is 41.4 Å². The van der Waals surface area contributed by atoms with E-state index in [-0.39, 0.29) is 35.3 Å². The van der Waals surface area contributed by atoms with Crippen LogP contribution in [0, 0.1) is 12.7 Å². The maximum Gasteiger partial charge on any atom is 0.276 e. The lowest BCUT2D eigenvalue weighted by atomic mass is 10.1. The Morgan fingerprint density at radius 2 is 1.97 bits per heavy atom.